The Balaban J connectivity index is 0.930. The number of amides is 4. The lowest BCUT2D eigenvalue weighted by molar-refractivity contribution is -0.137. The molecule has 9 rings (SSSR count). The summed E-state index contributed by atoms with van der Waals surface area (Å²) in [7, 11) is 3.25. The maximum absolute atomic E-state index is 14.1. The Morgan fingerprint density at radius 3 is 1.93 bits per heavy atom. The summed E-state index contributed by atoms with van der Waals surface area (Å²) in [5.74, 6) is -1.74. The molecule has 2 aliphatic heterocycles. The third-order valence-electron chi connectivity index (χ3n) is 12.5. The van der Waals surface area contributed by atoms with E-state index < -0.39 is 59.3 Å². The van der Waals surface area contributed by atoms with E-state index >= 15 is 0 Å². The standard InChI is InChI=1S/C52H47F3N8O6/c1-28-11-9-13-34(25-28)48(64)57-45-43(40-29(2)60-62(4)46(40)58-50(45)66)33-19-22-38(39(27-33)68-5)69-24-23-31-12-10-14-35(26-31)49(65)56-44-42(32-17-20-36(21-18-32)52(53,54)55)41-30(3)61-63(47(41)59-51(44)67)37-15-7-6-8-16-37/h6-22,25-27,42-45H,23-24H2,1-5H3,(H,56,65)(H,57,64)(H,58,66)(H,59,67)/t42-,43-,44-,45-/m0/s1. The summed E-state index contributed by atoms with van der Waals surface area (Å²) < 4.78 is 56.2. The van der Waals surface area contributed by atoms with E-state index in [0.29, 0.717) is 68.9 Å². The van der Waals surface area contributed by atoms with Crippen LogP contribution in [0.1, 0.15) is 82.9 Å². The molecule has 2 aliphatic rings. The third-order valence-corrected chi connectivity index (χ3v) is 12.5. The zero-order chi connectivity index (χ0) is 48.7. The van der Waals surface area contributed by atoms with Crippen LogP contribution in [-0.4, -0.2) is 69.0 Å². The summed E-state index contributed by atoms with van der Waals surface area (Å²) in [5, 5.41) is 20.9. The van der Waals surface area contributed by atoms with Crippen LogP contribution in [0.4, 0.5) is 24.8 Å². The van der Waals surface area contributed by atoms with Crippen molar-refractivity contribution in [2.24, 2.45) is 7.05 Å². The first-order chi connectivity index (χ1) is 33.1. The van der Waals surface area contributed by atoms with Crippen molar-refractivity contribution in [1.82, 2.24) is 30.2 Å². The lowest BCUT2D eigenvalue weighted by Crippen LogP contribution is -2.50. The Labute approximate surface area is 394 Å². The van der Waals surface area contributed by atoms with Gasteiger partial charge in [0.1, 0.15) is 23.7 Å². The molecular formula is C52H47F3N8O6. The summed E-state index contributed by atoms with van der Waals surface area (Å²) >= 11 is 0. The molecule has 352 valence electrons. The average Bonchev–Trinajstić information content (AvgIpc) is 3.81. The number of ether oxygens (including phenoxy) is 2. The normalized spacial score (nSPS) is 17.5. The fraction of sp³-hybridized carbons (Fsp3) is 0.231. The van der Waals surface area contributed by atoms with Crippen molar-refractivity contribution in [3.63, 3.8) is 0 Å². The number of nitrogens with zero attached hydrogens (tertiary/aromatic N) is 4. The summed E-state index contributed by atoms with van der Waals surface area (Å²) in [6.45, 7) is 5.65. The molecule has 69 heavy (non-hydrogen) atoms. The quantitative estimate of drug-likeness (QED) is 0.0957. The highest BCUT2D eigenvalue weighted by atomic mass is 19.4. The SMILES string of the molecule is COc1cc([C@H]2c3c(C)nn(C)c3NC(=O)[C@H]2NC(=O)c2cccc(C)c2)ccc1OCCc1cccc(C(=O)N[C@@H]2C(=O)Nc3c(c(C)nn3-c3ccccc3)[C@@H]2c2ccc(C(F)(F)F)cc2)c1. The minimum atomic E-state index is -4.57. The highest BCUT2D eigenvalue weighted by Crippen LogP contribution is 2.43. The molecule has 17 heteroatoms. The molecule has 0 bridgehead atoms. The minimum absolute atomic E-state index is 0.169. The summed E-state index contributed by atoms with van der Waals surface area (Å²) in [5.41, 5.74) is 5.73. The number of benzene rings is 5. The number of hydrogen-bond acceptors (Lipinski definition) is 8. The van der Waals surface area contributed by atoms with E-state index in [-0.39, 0.29) is 12.2 Å². The van der Waals surface area contributed by atoms with Crippen molar-refractivity contribution in [3.05, 3.63) is 183 Å². The number of aromatic nitrogens is 4. The number of hydrogen-bond donors (Lipinski definition) is 4. The van der Waals surface area contributed by atoms with Gasteiger partial charge in [0, 0.05) is 47.6 Å². The van der Waals surface area contributed by atoms with Gasteiger partial charge in [0.05, 0.1) is 36.4 Å². The fourth-order valence-corrected chi connectivity index (χ4v) is 9.28. The van der Waals surface area contributed by atoms with Crippen LogP contribution in [0.3, 0.4) is 0 Å². The molecule has 0 spiro atoms. The zero-order valence-corrected chi connectivity index (χ0v) is 38.1. The minimum Gasteiger partial charge on any atom is -0.493 e. The summed E-state index contributed by atoms with van der Waals surface area (Å²) in [4.78, 5) is 55.4. The molecule has 0 radical (unpaired) electrons. The lowest BCUT2D eigenvalue weighted by atomic mass is 9.81. The maximum Gasteiger partial charge on any atom is 0.416 e. The summed E-state index contributed by atoms with van der Waals surface area (Å²) in [6, 6.07) is 30.8. The number of methoxy groups -OCH3 is 1. The van der Waals surface area contributed by atoms with Gasteiger partial charge in [-0.3, -0.25) is 23.9 Å². The van der Waals surface area contributed by atoms with E-state index in [4.69, 9.17) is 14.6 Å². The number of carbonyl (C=O) groups is 4. The van der Waals surface area contributed by atoms with E-state index in [1.807, 2.05) is 62.4 Å². The van der Waals surface area contributed by atoms with Gasteiger partial charge in [-0.15, -0.1) is 0 Å². The molecule has 0 fully saturated rings. The molecule has 7 aromatic rings. The Morgan fingerprint density at radius 2 is 1.28 bits per heavy atom. The molecule has 4 amide bonds. The lowest BCUT2D eigenvalue weighted by Gasteiger charge is -2.33. The van der Waals surface area contributed by atoms with Crippen molar-refractivity contribution in [3.8, 4) is 17.2 Å². The topological polar surface area (TPSA) is 170 Å². The Morgan fingerprint density at radius 1 is 0.681 bits per heavy atom. The van der Waals surface area contributed by atoms with E-state index in [1.165, 1.54) is 19.2 Å². The molecule has 14 nitrogen and oxygen atoms in total. The average molecular weight is 937 g/mol. The van der Waals surface area contributed by atoms with Gasteiger partial charge in [-0.05, 0) is 98.1 Å². The largest absolute Gasteiger partial charge is 0.493 e. The van der Waals surface area contributed by atoms with Crippen LogP contribution >= 0.6 is 0 Å². The first-order valence-electron chi connectivity index (χ1n) is 22.1. The highest BCUT2D eigenvalue weighted by Gasteiger charge is 2.44. The van der Waals surface area contributed by atoms with Crippen LogP contribution < -0.4 is 30.7 Å². The van der Waals surface area contributed by atoms with Gasteiger partial charge in [0.2, 0.25) is 11.8 Å². The van der Waals surface area contributed by atoms with Gasteiger partial charge >= 0.3 is 6.18 Å². The van der Waals surface area contributed by atoms with Crippen LogP contribution in [0.5, 0.6) is 11.5 Å². The number of anilines is 2. The van der Waals surface area contributed by atoms with Gasteiger partial charge < -0.3 is 30.7 Å². The van der Waals surface area contributed by atoms with Crippen molar-refractivity contribution in [1.29, 1.82) is 0 Å². The van der Waals surface area contributed by atoms with Gasteiger partial charge in [0.25, 0.3) is 11.8 Å². The van der Waals surface area contributed by atoms with Gasteiger partial charge in [-0.25, -0.2) is 4.68 Å². The predicted molar refractivity (Wildman–Crippen MR) is 251 cm³/mol. The predicted octanol–water partition coefficient (Wildman–Crippen LogP) is 7.95. The number of alkyl halides is 3. The number of nitrogens with one attached hydrogen (secondary N) is 4. The molecule has 4 heterocycles. The summed E-state index contributed by atoms with van der Waals surface area (Å²) in [6.07, 6.45) is -4.21. The Hall–Kier alpha value is -8.21. The van der Waals surface area contributed by atoms with Crippen LogP contribution in [0.15, 0.2) is 121 Å². The van der Waals surface area contributed by atoms with E-state index in [9.17, 15) is 32.3 Å². The molecule has 2 aromatic heterocycles. The highest BCUT2D eigenvalue weighted by molar-refractivity contribution is 6.05. The maximum atomic E-state index is 14.1. The second-order valence-electron chi connectivity index (χ2n) is 17.1. The van der Waals surface area contributed by atoms with Crippen molar-refractivity contribution in [2.45, 2.75) is 57.3 Å². The second-order valence-corrected chi connectivity index (χ2v) is 17.1. The number of fused-ring (bicyclic) bond motifs is 2. The van der Waals surface area contributed by atoms with Crippen LogP contribution in [0, 0.1) is 20.8 Å². The Kier molecular flexibility index (Phi) is 12.3. The molecule has 5 aromatic carbocycles. The van der Waals surface area contributed by atoms with Gasteiger partial charge in [-0.1, -0.05) is 66.2 Å². The molecule has 0 saturated heterocycles. The van der Waals surface area contributed by atoms with Crippen LogP contribution in [0.25, 0.3) is 5.69 Å². The number of halogens is 3. The Bertz CT molecular complexity index is 3130. The molecule has 0 unspecified atom stereocenters. The van der Waals surface area contributed by atoms with Gasteiger partial charge in [0.15, 0.2) is 11.5 Å². The van der Waals surface area contributed by atoms with Crippen LogP contribution in [-0.2, 0) is 29.2 Å². The fourth-order valence-electron chi connectivity index (χ4n) is 9.28. The first kappa shape index (κ1) is 45.9. The molecular weight excluding hydrogens is 890 g/mol. The molecule has 0 aliphatic carbocycles. The van der Waals surface area contributed by atoms with E-state index in [0.717, 1.165) is 28.8 Å². The number of aryl methyl sites for hydroxylation is 4. The van der Waals surface area contributed by atoms with Crippen LogP contribution in [0.2, 0.25) is 0 Å². The molecule has 4 N–H and O–H groups in total. The number of rotatable bonds is 12. The van der Waals surface area contributed by atoms with Crippen molar-refractivity contribution >= 4 is 35.3 Å². The third kappa shape index (κ3) is 9.02. The number of para-hydroxylation sites is 1. The number of carbonyl (C=O) groups excluding carboxylic acids is 4. The van der Waals surface area contributed by atoms with Crippen molar-refractivity contribution in [2.75, 3.05) is 24.4 Å². The van der Waals surface area contributed by atoms with E-state index in [2.05, 4.69) is 26.4 Å². The van der Waals surface area contributed by atoms with E-state index in [1.54, 1.807) is 71.9 Å². The monoisotopic (exact) mass is 936 g/mol. The van der Waals surface area contributed by atoms with Crippen molar-refractivity contribution < 1.29 is 41.8 Å². The molecule has 0 saturated carbocycles. The zero-order valence-electron chi connectivity index (χ0n) is 38.1. The first-order valence-corrected chi connectivity index (χ1v) is 22.1. The second kappa shape index (κ2) is 18.5. The smallest absolute Gasteiger partial charge is 0.416 e. The van der Waals surface area contributed by atoms with Gasteiger partial charge in [-0.2, -0.15) is 23.4 Å². The molecule has 4 atom stereocenters.